The second kappa shape index (κ2) is 13.5. The third-order valence-electron chi connectivity index (χ3n) is 7.58. The number of aryl methyl sites for hydroxylation is 1. The van der Waals surface area contributed by atoms with E-state index in [4.69, 9.17) is 18.0 Å². The average Bonchev–Trinajstić information content (AvgIpc) is 3.41. The molecule has 1 saturated heterocycles. The maximum atomic E-state index is 13.5. The Balaban J connectivity index is 1.80. The van der Waals surface area contributed by atoms with Crippen molar-refractivity contribution in [1.82, 2.24) is 0 Å². The van der Waals surface area contributed by atoms with E-state index in [2.05, 4.69) is 58.9 Å². The largest absolute Gasteiger partial charge is 0.409 e. The van der Waals surface area contributed by atoms with Crippen LogP contribution < -0.4 is 0 Å². The van der Waals surface area contributed by atoms with Crippen molar-refractivity contribution in [2.75, 3.05) is 0 Å². The summed E-state index contributed by atoms with van der Waals surface area (Å²) in [6.07, 6.45) is -2.56. The summed E-state index contributed by atoms with van der Waals surface area (Å²) in [6.45, 7) is 23.2. The van der Waals surface area contributed by atoms with Crippen LogP contribution in [-0.2, 0) is 23.8 Å². The van der Waals surface area contributed by atoms with E-state index in [0.717, 1.165) is 20.9 Å². The molecule has 248 valence electrons. The Bertz CT molecular complexity index is 1450. The lowest BCUT2D eigenvalue weighted by Crippen LogP contribution is -2.68. The minimum atomic E-state index is -2.26. The number of ether oxygens (including phenoxy) is 1. The number of rotatable bonds is 11. The van der Waals surface area contributed by atoms with Crippen LogP contribution in [0, 0.1) is 12.7 Å². The van der Waals surface area contributed by atoms with Crippen LogP contribution in [0.15, 0.2) is 54.6 Å². The Morgan fingerprint density at radius 2 is 1.42 bits per heavy atom. The van der Waals surface area contributed by atoms with Crippen LogP contribution in [0.4, 0.5) is 4.39 Å². The van der Waals surface area contributed by atoms with Crippen LogP contribution in [0.25, 0.3) is 10.4 Å². The van der Waals surface area contributed by atoms with E-state index in [9.17, 15) is 14.6 Å². The van der Waals surface area contributed by atoms with E-state index in [0.29, 0.717) is 17.5 Å². The maximum absolute atomic E-state index is 13.5. The van der Waals surface area contributed by atoms with E-state index in [1.54, 1.807) is 12.1 Å². The molecule has 1 aliphatic heterocycles. The van der Waals surface area contributed by atoms with E-state index in [1.807, 2.05) is 44.2 Å². The standard InChI is InChI=1S/C34H51FO6SSi3/c1-12-27-31(39-43(3,4)5)32(40-44(6,7)8)33(41-45(9,10)11)34(37,38-27)24-16-13-22(2)26(21-24)30(36)29-20-19-28(42-29)23-14-17-25(35)18-15-23/h13-21,27,30-33,36-37H,12H2,1-11H3/t27-,30?,31-,32+,33-,34+/m1/s1. The monoisotopic (exact) mass is 690 g/mol. The zero-order valence-electron chi connectivity index (χ0n) is 28.6. The lowest BCUT2D eigenvalue weighted by molar-refractivity contribution is -0.346. The van der Waals surface area contributed by atoms with Gasteiger partial charge in [0.15, 0.2) is 25.0 Å². The van der Waals surface area contributed by atoms with Gasteiger partial charge in [0.2, 0.25) is 5.79 Å². The molecule has 1 aromatic heterocycles. The Morgan fingerprint density at radius 1 is 0.844 bits per heavy atom. The number of benzene rings is 2. The molecular formula is C34H51FO6SSi3. The van der Waals surface area contributed by atoms with Gasteiger partial charge in [-0.05, 0) is 119 Å². The Morgan fingerprint density at radius 3 is 1.98 bits per heavy atom. The molecule has 1 aliphatic rings. The number of thiophene rings is 1. The fraction of sp³-hybridized carbons (Fsp3) is 0.529. The normalized spacial score (nSPS) is 25.4. The highest BCUT2D eigenvalue weighted by atomic mass is 32.1. The summed E-state index contributed by atoms with van der Waals surface area (Å²) in [5.74, 6) is -2.13. The van der Waals surface area contributed by atoms with E-state index in [-0.39, 0.29) is 5.82 Å². The second-order valence-corrected chi connectivity index (χ2v) is 29.5. The lowest BCUT2D eigenvalue weighted by Gasteiger charge is -2.54. The van der Waals surface area contributed by atoms with Crippen LogP contribution >= 0.6 is 11.3 Å². The van der Waals surface area contributed by atoms with Crippen LogP contribution in [0.3, 0.4) is 0 Å². The van der Waals surface area contributed by atoms with Gasteiger partial charge in [-0.25, -0.2) is 4.39 Å². The second-order valence-electron chi connectivity index (χ2n) is 15.0. The first-order valence-corrected chi connectivity index (χ1v) is 26.8. The number of hydrogen-bond donors (Lipinski definition) is 2. The molecule has 11 heteroatoms. The summed E-state index contributed by atoms with van der Waals surface area (Å²) >= 11 is 1.46. The molecule has 0 spiro atoms. The first kappa shape index (κ1) is 36.3. The van der Waals surface area contributed by atoms with E-state index >= 15 is 0 Å². The van der Waals surface area contributed by atoms with Crippen molar-refractivity contribution in [3.05, 3.63) is 82.0 Å². The van der Waals surface area contributed by atoms with Crippen LogP contribution in [0.5, 0.6) is 0 Å². The molecule has 0 aliphatic carbocycles. The number of aliphatic hydroxyl groups is 2. The van der Waals surface area contributed by atoms with Crippen LogP contribution in [0.2, 0.25) is 58.9 Å². The van der Waals surface area contributed by atoms with Gasteiger partial charge in [0.05, 0.1) is 12.2 Å². The van der Waals surface area contributed by atoms with E-state index in [1.165, 1.54) is 23.5 Å². The van der Waals surface area contributed by atoms with Crippen LogP contribution in [-0.4, -0.2) is 59.6 Å². The van der Waals surface area contributed by atoms with Crippen molar-refractivity contribution in [1.29, 1.82) is 0 Å². The minimum absolute atomic E-state index is 0.288. The SMILES string of the molecule is CC[C@H]1O[C@@](O)(c2ccc(C)c(C(O)c3ccc(-c4ccc(F)cc4)s3)c2)[C@H](O[Si](C)(C)C)[C@@H](O[Si](C)(C)C)[C@@H]1O[Si](C)(C)C. The van der Waals surface area contributed by atoms with Crippen molar-refractivity contribution in [2.45, 2.75) is 115 Å². The molecule has 2 N–H and O–H groups in total. The van der Waals surface area contributed by atoms with Gasteiger partial charge in [-0.15, -0.1) is 11.3 Å². The Labute approximate surface area is 275 Å². The van der Waals surface area contributed by atoms with Crippen molar-refractivity contribution >= 4 is 36.3 Å². The van der Waals surface area contributed by atoms with Gasteiger partial charge in [0.1, 0.15) is 24.1 Å². The predicted octanol–water partition coefficient (Wildman–Crippen LogP) is 8.56. The lowest BCUT2D eigenvalue weighted by atomic mass is 9.85. The first-order valence-electron chi connectivity index (χ1n) is 15.8. The number of halogens is 1. The molecule has 45 heavy (non-hydrogen) atoms. The van der Waals surface area contributed by atoms with Crippen LogP contribution in [0.1, 0.15) is 41.0 Å². The molecular weight excluding hydrogens is 640 g/mol. The maximum Gasteiger partial charge on any atom is 0.221 e. The quantitative estimate of drug-likeness (QED) is 0.197. The summed E-state index contributed by atoms with van der Waals surface area (Å²) < 4.78 is 40.7. The molecule has 0 radical (unpaired) electrons. The zero-order chi connectivity index (χ0) is 33.5. The molecule has 0 bridgehead atoms. The summed E-state index contributed by atoms with van der Waals surface area (Å²) in [7, 11) is -6.46. The third kappa shape index (κ3) is 8.89. The van der Waals surface area contributed by atoms with Crippen molar-refractivity contribution in [3.63, 3.8) is 0 Å². The smallest absolute Gasteiger partial charge is 0.221 e. The molecule has 1 unspecified atom stereocenters. The Hall–Kier alpha value is -1.52. The summed E-state index contributed by atoms with van der Waals surface area (Å²) in [4.78, 5) is 1.68. The van der Waals surface area contributed by atoms with Gasteiger partial charge in [0, 0.05) is 15.3 Å². The van der Waals surface area contributed by atoms with Gasteiger partial charge < -0.3 is 28.2 Å². The molecule has 0 amide bonds. The molecule has 3 aromatic rings. The highest BCUT2D eigenvalue weighted by molar-refractivity contribution is 7.15. The van der Waals surface area contributed by atoms with Gasteiger partial charge in [-0.2, -0.15) is 0 Å². The van der Waals surface area contributed by atoms with E-state index < -0.39 is 61.3 Å². The highest BCUT2D eigenvalue weighted by Gasteiger charge is 2.58. The predicted molar refractivity (Wildman–Crippen MR) is 189 cm³/mol. The average molecular weight is 691 g/mol. The molecule has 2 aromatic carbocycles. The molecule has 6 nitrogen and oxygen atoms in total. The summed E-state index contributed by atoms with van der Waals surface area (Å²) in [5, 5.41) is 24.4. The van der Waals surface area contributed by atoms with Crippen molar-refractivity contribution in [3.8, 4) is 10.4 Å². The highest BCUT2D eigenvalue weighted by Crippen LogP contribution is 2.45. The van der Waals surface area contributed by atoms with Crippen molar-refractivity contribution in [2.24, 2.45) is 0 Å². The molecule has 2 heterocycles. The summed E-state index contributed by atoms with van der Waals surface area (Å²) in [5.41, 5.74) is 2.94. The van der Waals surface area contributed by atoms with Gasteiger partial charge in [-0.3, -0.25) is 0 Å². The van der Waals surface area contributed by atoms with Gasteiger partial charge >= 0.3 is 0 Å². The summed E-state index contributed by atoms with van der Waals surface area (Å²) in [6, 6.07) is 15.8. The fourth-order valence-corrected chi connectivity index (χ4v) is 9.97. The van der Waals surface area contributed by atoms with Crippen molar-refractivity contribution < 1.29 is 32.6 Å². The molecule has 1 fully saturated rings. The first-order chi connectivity index (χ1) is 20.7. The number of aliphatic hydroxyl groups excluding tert-OH is 1. The zero-order valence-corrected chi connectivity index (χ0v) is 32.4. The van der Waals surface area contributed by atoms with Gasteiger partial charge in [0.25, 0.3) is 0 Å². The fourth-order valence-electron chi connectivity index (χ4n) is 5.72. The molecule has 4 rings (SSSR count). The molecule has 6 atom stereocenters. The third-order valence-corrected chi connectivity index (χ3v) is 11.7. The number of hydrogen-bond acceptors (Lipinski definition) is 7. The Kier molecular flexibility index (Phi) is 10.9. The topological polar surface area (TPSA) is 77.4 Å². The minimum Gasteiger partial charge on any atom is -0.409 e. The van der Waals surface area contributed by atoms with Gasteiger partial charge in [-0.1, -0.05) is 31.2 Å². The molecule has 0 saturated carbocycles.